The van der Waals surface area contributed by atoms with Crippen LogP contribution in [0.1, 0.15) is 41.1 Å². The highest BCUT2D eigenvalue weighted by molar-refractivity contribution is 7.93. The summed E-state index contributed by atoms with van der Waals surface area (Å²) in [4.78, 5) is 21.4. The van der Waals surface area contributed by atoms with E-state index in [4.69, 9.17) is 16.3 Å². The molecule has 4 aromatic rings. The van der Waals surface area contributed by atoms with E-state index in [-0.39, 0.29) is 17.3 Å². The lowest BCUT2D eigenvalue weighted by atomic mass is 9.90. The summed E-state index contributed by atoms with van der Waals surface area (Å²) in [5, 5.41) is 16.6. The summed E-state index contributed by atoms with van der Waals surface area (Å²) in [7, 11) is -4.33. The zero-order valence-electron chi connectivity index (χ0n) is 26.2. The molecule has 2 aliphatic heterocycles. The molecule has 0 aliphatic carbocycles. The minimum atomic E-state index is -4.33. The van der Waals surface area contributed by atoms with E-state index < -0.39 is 33.3 Å². The molecule has 6 rings (SSSR count). The predicted octanol–water partition coefficient (Wildman–Crippen LogP) is 4.75. The van der Waals surface area contributed by atoms with E-state index in [9.17, 15) is 9.90 Å². The molecule has 11 heteroatoms. The summed E-state index contributed by atoms with van der Waals surface area (Å²) < 4.78 is 33.6. The Balaban J connectivity index is 1.46. The summed E-state index contributed by atoms with van der Waals surface area (Å²) >= 11 is 6.32. The molecule has 1 amide bonds. The van der Waals surface area contributed by atoms with E-state index in [1.165, 1.54) is 0 Å². The number of hydrogen-bond donors (Lipinski definition) is 3. The smallest absolute Gasteiger partial charge is 0.225 e. The maximum absolute atomic E-state index is 15.0. The van der Waals surface area contributed by atoms with Crippen LogP contribution in [0.4, 0.5) is 0 Å². The molecule has 46 heavy (non-hydrogen) atoms. The molecule has 2 aliphatic rings. The minimum Gasteiger partial charge on any atom is -0.379 e. The number of halogens is 1. The lowest BCUT2D eigenvalue weighted by Gasteiger charge is -2.40. The van der Waals surface area contributed by atoms with Crippen molar-refractivity contribution in [1.82, 2.24) is 20.1 Å². The Morgan fingerprint density at radius 1 is 1.04 bits per heavy atom. The number of carbonyl (C=O) groups excluding carboxylic acids is 1. The molecule has 3 aromatic carbocycles. The summed E-state index contributed by atoms with van der Waals surface area (Å²) in [6.07, 6.45) is 0.488. The van der Waals surface area contributed by atoms with Crippen LogP contribution in [-0.4, -0.2) is 84.6 Å². The largest absolute Gasteiger partial charge is 0.379 e. The summed E-state index contributed by atoms with van der Waals surface area (Å²) in [6, 6.07) is 18.8. The number of benzene rings is 3. The fourth-order valence-corrected chi connectivity index (χ4v) is 9.15. The second kappa shape index (κ2) is 13.5. The predicted molar refractivity (Wildman–Crippen MR) is 179 cm³/mol. The maximum Gasteiger partial charge on any atom is 0.225 e. The van der Waals surface area contributed by atoms with E-state index in [2.05, 4.69) is 15.2 Å². The molecule has 0 spiro atoms. The van der Waals surface area contributed by atoms with Gasteiger partial charge in [-0.3, -0.25) is 15.0 Å². The topological polar surface area (TPSA) is 115 Å². The maximum atomic E-state index is 15.0. The number of sulfone groups is 1. The number of aromatic nitrogens is 1. The van der Waals surface area contributed by atoms with Crippen molar-refractivity contribution in [3.8, 4) is 0 Å². The van der Waals surface area contributed by atoms with Gasteiger partial charge >= 0.3 is 0 Å². The van der Waals surface area contributed by atoms with Gasteiger partial charge in [0.1, 0.15) is 11.0 Å². The fraction of sp³-hybridized carbons (Fsp3) is 0.400. The highest BCUT2D eigenvalue weighted by Crippen LogP contribution is 2.52. The van der Waals surface area contributed by atoms with Gasteiger partial charge in [0.15, 0.2) is 9.84 Å². The van der Waals surface area contributed by atoms with Crippen LogP contribution in [0.3, 0.4) is 0 Å². The Bertz CT molecular complexity index is 1790. The first kappa shape index (κ1) is 32.7. The normalized spacial score (nSPS) is 21.7. The Hall–Kier alpha value is -3.25. The number of rotatable bonds is 11. The summed E-state index contributed by atoms with van der Waals surface area (Å²) in [5.41, 5.74) is 4.17. The van der Waals surface area contributed by atoms with Crippen LogP contribution in [0.25, 0.3) is 10.9 Å². The van der Waals surface area contributed by atoms with Crippen LogP contribution in [0.15, 0.2) is 77.8 Å². The van der Waals surface area contributed by atoms with Crippen LogP contribution in [0.2, 0.25) is 5.02 Å². The van der Waals surface area contributed by atoms with Crippen molar-refractivity contribution in [2.45, 2.75) is 55.1 Å². The van der Waals surface area contributed by atoms with E-state index in [1.54, 1.807) is 47.5 Å². The molecule has 3 unspecified atom stereocenters. The van der Waals surface area contributed by atoms with E-state index in [0.29, 0.717) is 42.3 Å². The van der Waals surface area contributed by atoms with Crippen LogP contribution in [0, 0.1) is 13.8 Å². The first-order valence-corrected chi connectivity index (χ1v) is 17.6. The second-order valence-electron chi connectivity index (χ2n) is 12.5. The SMILES string of the molecule is Cc1ccc(CN2C(=O)CC(C(O)NCCCN3CCOCC3)(S(=O)(=O)c3ccc(C)cc3)C2c2c[nH]c3cc(Cl)ccc23)cc1. The Morgan fingerprint density at radius 2 is 1.72 bits per heavy atom. The van der Waals surface area contributed by atoms with Crippen LogP contribution >= 0.6 is 11.6 Å². The number of H-pyrrole nitrogens is 1. The number of morpholine rings is 1. The number of carbonyl (C=O) groups is 1. The number of ether oxygens (including phenoxy) is 1. The molecule has 9 nitrogen and oxygen atoms in total. The second-order valence-corrected chi connectivity index (χ2v) is 15.1. The van der Waals surface area contributed by atoms with Crippen LogP contribution < -0.4 is 5.32 Å². The molecule has 3 atom stereocenters. The first-order valence-electron chi connectivity index (χ1n) is 15.7. The third-order valence-electron chi connectivity index (χ3n) is 9.35. The molecule has 3 heterocycles. The van der Waals surface area contributed by atoms with Crippen molar-refractivity contribution in [2.75, 3.05) is 39.4 Å². The van der Waals surface area contributed by atoms with Gasteiger partial charge in [0.25, 0.3) is 0 Å². The molecule has 2 fully saturated rings. The number of aliphatic hydroxyl groups is 1. The molecule has 0 bridgehead atoms. The lowest BCUT2D eigenvalue weighted by Crippen LogP contribution is -2.58. The van der Waals surface area contributed by atoms with Crippen molar-refractivity contribution < 1.29 is 23.1 Å². The highest BCUT2D eigenvalue weighted by atomic mass is 35.5. The summed E-state index contributed by atoms with van der Waals surface area (Å²) in [6.45, 7) is 8.25. The van der Waals surface area contributed by atoms with Crippen molar-refractivity contribution >= 4 is 38.2 Å². The van der Waals surface area contributed by atoms with Gasteiger partial charge in [-0.05, 0) is 63.2 Å². The average Bonchev–Trinajstić information content (AvgIpc) is 3.59. The standard InChI is InChI=1S/C35H41ClN4O5S/c1-24-4-8-26(9-5-24)23-40-32(41)21-35(46(43,44)28-11-6-25(2)7-12-28,34(42)37-14-3-15-39-16-18-45-19-17-39)33(40)30-22-38-31-20-27(36)10-13-29(30)31/h4-13,20,22,33-34,37-38,42H,3,14-19,21,23H2,1-2H3. The minimum absolute atomic E-state index is 0.0603. The lowest BCUT2D eigenvalue weighted by molar-refractivity contribution is -0.129. The van der Waals surface area contributed by atoms with Crippen LogP contribution in [-0.2, 0) is 25.9 Å². The Kier molecular flexibility index (Phi) is 9.57. The van der Waals surface area contributed by atoms with Crippen molar-refractivity contribution in [3.63, 3.8) is 0 Å². The number of amides is 1. The molecule has 0 radical (unpaired) electrons. The third-order valence-corrected chi connectivity index (χ3v) is 12.1. The summed E-state index contributed by atoms with van der Waals surface area (Å²) in [5.74, 6) is -0.348. The fourth-order valence-electron chi connectivity index (χ4n) is 6.80. The average molecular weight is 665 g/mol. The van der Waals surface area contributed by atoms with Gasteiger partial charge in [0, 0.05) is 47.3 Å². The van der Waals surface area contributed by atoms with Gasteiger partial charge in [-0.2, -0.15) is 0 Å². The van der Waals surface area contributed by atoms with E-state index in [0.717, 1.165) is 41.7 Å². The molecule has 2 saturated heterocycles. The van der Waals surface area contributed by atoms with Crippen molar-refractivity contribution in [1.29, 1.82) is 0 Å². The van der Waals surface area contributed by atoms with Gasteiger partial charge in [-0.25, -0.2) is 8.42 Å². The van der Waals surface area contributed by atoms with Gasteiger partial charge in [0.05, 0.1) is 30.6 Å². The number of aryl methyl sites for hydroxylation is 2. The van der Waals surface area contributed by atoms with E-state index in [1.807, 2.05) is 44.2 Å². The molecule has 1 aromatic heterocycles. The van der Waals surface area contributed by atoms with Gasteiger partial charge in [0.2, 0.25) is 5.91 Å². The monoisotopic (exact) mass is 664 g/mol. The first-order chi connectivity index (χ1) is 22.1. The zero-order chi connectivity index (χ0) is 32.5. The Labute approximate surface area is 275 Å². The van der Waals surface area contributed by atoms with Crippen molar-refractivity contribution in [2.24, 2.45) is 0 Å². The molecule has 0 saturated carbocycles. The van der Waals surface area contributed by atoms with Gasteiger partial charge < -0.3 is 19.7 Å². The number of nitrogens with zero attached hydrogens (tertiary/aromatic N) is 2. The van der Waals surface area contributed by atoms with E-state index >= 15 is 8.42 Å². The quantitative estimate of drug-likeness (QED) is 0.157. The van der Waals surface area contributed by atoms with Gasteiger partial charge in [-0.15, -0.1) is 0 Å². The number of aliphatic hydroxyl groups excluding tert-OH is 1. The molecule has 244 valence electrons. The number of aromatic amines is 1. The number of likely N-dealkylation sites (tertiary alicyclic amines) is 1. The number of nitrogens with one attached hydrogen (secondary N) is 2. The molecular weight excluding hydrogens is 624 g/mol. The number of hydrogen-bond acceptors (Lipinski definition) is 7. The highest BCUT2D eigenvalue weighted by Gasteiger charge is 2.65. The van der Waals surface area contributed by atoms with Gasteiger partial charge in [-0.1, -0.05) is 65.2 Å². The van der Waals surface area contributed by atoms with Crippen molar-refractivity contribution in [3.05, 3.63) is 100 Å². The third kappa shape index (κ3) is 6.22. The van der Waals surface area contributed by atoms with Crippen LogP contribution in [0.5, 0.6) is 0 Å². The zero-order valence-corrected chi connectivity index (χ0v) is 27.8. The number of fused-ring (bicyclic) bond motifs is 1. The molecular formula is C35H41ClN4O5S. The Morgan fingerprint density at radius 3 is 2.41 bits per heavy atom. The molecule has 3 N–H and O–H groups in total.